The number of benzene rings is 1. The Labute approximate surface area is 68.6 Å². The Morgan fingerprint density at radius 3 is 2.73 bits per heavy atom. The zero-order chi connectivity index (χ0) is 8.27. The summed E-state index contributed by atoms with van der Waals surface area (Å²) >= 11 is 0. The first-order valence-corrected chi connectivity index (χ1v) is 3.60. The molecule has 0 atom stereocenters. The van der Waals surface area contributed by atoms with Crippen LogP contribution in [0, 0.1) is 13.8 Å². The monoisotopic (exact) mass is 153 g/mol. The summed E-state index contributed by atoms with van der Waals surface area (Å²) in [5, 5.41) is 0. The van der Waals surface area contributed by atoms with E-state index in [1.165, 1.54) is 11.1 Å². The Hall–Kier alpha value is -1.02. The van der Waals surface area contributed by atoms with E-state index >= 15 is 0 Å². The van der Waals surface area contributed by atoms with Gasteiger partial charge in [-0.25, -0.2) is 0 Å². The predicted molar refractivity (Wildman–Crippen MR) is 48.7 cm³/mol. The molecule has 0 aromatic heterocycles. The maximum Gasteiger partial charge on any atom is 0.0636 e. The Morgan fingerprint density at radius 2 is 2.09 bits per heavy atom. The van der Waals surface area contributed by atoms with Gasteiger partial charge < -0.3 is 0 Å². The third-order valence-electron chi connectivity index (χ3n) is 1.61. The summed E-state index contributed by atoms with van der Waals surface area (Å²) in [5.74, 6) is 0. The van der Waals surface area contributed by atoms with E-state index in [0.29, 0.717) is 0 Å². The summed E-state index contributed by atoms with van der Waals surface area (Å²) < 4.78 is 0. The second-order valence-electron chi connectivity index (χ2n) is 2.62. The van der Waals surface area contributed by atoms with Crippen molar-refractivity contribution in [3.8, 4) is 0 Å². The van der Waals surface area contributed by atoms with Crippen molar-refractivity contribution in [2.45, 2.75) is 13.8 Å². The highest BCUT2D eigenvalue weighted by atomic mass is 16.6. The van der Waals surface area contributed by atoms with Gasteiger partial charge in [0.05, 0.1) is 12.8 Å². The van der Waals surface area contributed by atoms with E-state index in [9.17, 15) is 0 Å². The Morgan fingerprint density at radius 1 is 1.36 bits per heavy atom. The van der Waals surface area contributed by atoms with Gasteiger partial charge in [0, 0.05) is 1.43 Å². The van der Waals surface area contributed by atoms with E-state index in [-0.39, 0.29) is 1.43 Å². The molecule has 1 aromatic carbocycles. The van der Waals surface area contributed by atoms with Crippen molar-refractivity contribution in [2.24, 2.45) is 0 Å². The lowest BCUT2D eigenvalue weighted by Gasteiger charge is -2.06. The molecular weight excluding hydrogens is 138 g/mol. The van der Waals surface area contributed by atoms with Gasteiger partial charge in [0.15, 0.2) is 0 Å². The van der Waals surface area contributed by atoms with Crippen LogP contribution in [0.4, 0.5) is 5.69 Å². The Kier molecular flexibility index (Phi) is 2.49. The van der Waals surface area contributed by atoms with Crippen LogP contribution >= 0.6 is 0 Å². The molecule has 1 rings (SSSR count). The molecule has 11 heavy (non-hydrogen) atoms. The lowest BCUT2D eigenvalue weighted by Crippen LogP contribution is -1.97. The summed E-state index contributed by atoms with van der Waals surface area (Å²) in [6.07, 6.45) is 0. The zero-order valence-electron chi connectivity index (χ0n) is 7.14. The smallest absolute Gasteiger partial charge is 0.0636 e. The van der Waals surface area contributed by atoms with Gasteiger partial charge in [-0.05, 0) is 31.0 Å². The quantitative estimate of drug-likeness (QED) is 0.659. The van der Waals surface area contributed by atoms with E-state index in [4.69, 9.17) is 4.84 Å². The van der Waals surface area contributed by atoms with Crippen molar-refractivity contribution in [2.75, 3.05) is 12.6 Å². The fourth-order valence-electron chi connectivity index (χ4n) is 0.956. The topological polar surface area (TPSA) is 21.3 Å². The van der Waals surface area contributed by atoms with Crippen LogP contribution in [0.2, 0.25) is 0 Å². The number of nitrogens with one attached hydrogen (secondary N) is 1. The maximum absolute atomic E-state index is 4.81. The molecule has 0 radical (unpaired) electrons. The van der Waals surface area contributed by atoms with E-state index in [2.05, 4.69) is 30.6 Å². The van der Waals surface area contributed by atoms with Crippen LogP contribution in [0.3, 0.4) is 0 Å². The van der Waals surface area contributed by atoms with Gasteiger partial charge >= 0.3 is 0 Å². The minimum absolute atomic E-state index is 0. The van der Waals surface area contributed by atoms with Crippen LogP contribution < -0.4 is 5.48 Å². The van der Waals surface area contributed by atoms with Gasteiger partial charge in [-0.15, -0.1) is 0 Å². The molecule has 1 N–H and O–H groups in total. The van der Waals surface area contributed by atoms with Crippen molar-refractivity contribution >= 4 is 5.69 Å². The van der Waals surface area contributed by atoms with Gasteiger partial charge in [0.25, 0.3) is 0 Å². The molecule has 2 nitrogen and oxygen atoms in total. The molecule has 0 fully saturated rings. The molecule has 2 heteroatoms. The molecule has 0 aliphatic heterocycles. The predicted octanol–water partition coefficient (Wildman–Crippen LogP) is 2.52. The van der Waals surface area contributed by atoms with Gasteiger partial charge in [0.1, 0.15) is 0 Å². The van der Waals surface area contributed by atoms with Crippen molar-refractivity contribution in [1.82, 2.24) is 0 Å². The van der Waals surface area contributed by atoms with Gasteiger partial charge in [0.2, 0.25) is 0 Å². The van der Waals surface area contributed by atoms with Crippen molar-refractivity contribution < 1.29 is 6.26 Å². The molecule has 0 spiro atoms. The first kappa shape index (κ1) is 8.08. The number of rotatable bonds is 2. The van der Waals surface area contributed by atoms with Crippen LogP contribution in [0.25, 0.3) is 0 Å². The summed E-state index contributed by atoms with van der Waals surface area (Å²) in [7, 11) is 1.61. The molecule has 0 unspecified atom stereocenters. The maximum atomic E-state index is 4.81. The van der Waals surface area contributed by atoms with E-state index in [1.54, 1.807) is 7.11 Å². The first-order valence-electron chi connectivity index (χ1n) is 3.60. The minimum Gasteiger partial charge on any atom is -0.279 e. The van der Waals surface area contributed by atoms with E-state index in [0.717, 1.165) is 5.69 Å². The normalized spacial score (nSPS) is 9.73. The molecule has 0 amide bonds. The molecule has 0 saturated heterocycles. The second kappa shape index (κ2) is 3.39. The van der Waals surface area contributed by atoms with Crippen LogP contribution in [0.1, 0.15) is 12.6 Å². The fraction of sp³-hybridized carbons (Fsp3) is 0.333. The molecule has 0 saturated carbocycles. The summed E-state index contributed by atoms with van der Waals surface area (Å²) in [6.45, 7) is 4.10. The van der Waals surface area contributed by atoms with Crippen LogP contribution in [-0.2, 0) is 4.84 Å². The largest absolute Gasteiger partial charge is 0.279 e. The molecule has 0 aliphatic carbocycles. The number of hydrogen-bond donors (Lipinski definition) is 1. The number of aryl methyl sites for hydroxylation is 2. The highest BCUT2D eigenvalue weighted by Gasteiger charge is 1.95. The van der Waals surface area contributed by atoms with Gasteiger partial charge in [-0.2, -0.15) is 0 Å². The summed E-state index contributed by atoms with van der Waals surface area (Å²) in [4.78, 5) is 4.81. The Balaban J connectivity index is 0.00000121. The minimum atomic E-state index is 0. The van der Waals surface area contributed by atoms with Crippen molar-refractivity contribution in [3.63, 3.8) is 0 Å². The van der Waals surface area contributed by atoms with E-state index in [1.807, 2.05) is 6.92 Å². The number of anilines is 1. The highest BCUT2D eigenvalue weighted by Crippen LogP contribution is 2.15. The summed E-state index contributed by atoms with van der Waals surface area (Å²) in [6, 6.07) is 6.20. The standard InChI is InChI=1S/C9H13NO.H2/c1-7-4-5-8(2)9(6-7)10-11-3;/h4-6,10H,1-3H3;1H. The lowest BCUT2D eigenvalue weighted by molar-refractivity contribution is 0.270. The molecule has 0 heterocycles. The van der Waals surface area contributed by atoms with Crippen LogP contribution in [0.5, 0.6) is 0 Å². The average Bonchev–Trinajstić information content (AvgIpc) is 1.98. The van der Waals surface area contributed by atoms with Gasteiger partial charge in [-0.1, -0.05) is 12.1 Å². The third-order valence-corrected chi connectivity index (χ3v) is 1.61. The highest BCUT2D eigenvalue weighted by molar-refractivity contribution is 5.50. The molecule has 1 aromatic rings. The summed E-state index contributed by atoms with van der Waals surface area (Å²) in [5.41, 5.74) is 6.28. The lowest BCUT2D eigenvalue weighted by atomic mass is 10.1. The van der Waals surface area contributed by atoms with Crippen LogP contribution in [0.15, 0.2) is 18.2 Å². The van der Waals surface area contributed by atoms with Crippen LogP contribution in [-0.4, -0.2) is 7.11 Å². The molecule has 0 bridgehead atoms. The average molecular weight is 153 g/mol. The zero-order valence-corrected chi connectivity index (χ0v) is 7.14. The third kappa shape index (κ3) is 1.95. The van der Waals surface area contributed by atoms with Crippen molar-refractivity contribution in [3.05, 3.63) is 29.3 Å². The van der Waals surface area contributed by atoms with Crippen molar-refractivity contribution in [1.29, 1.82) is 0 Å². The second-order valence-corrected chi connectivity index (χ2v) is 2.62. The Bertz CT molecular complexity index is 250. The number of hydrogen-bond acceptors (Lipinski definition) is 2. The fourth-order valence-corrected chi connectivity index (χ4v) is 0.956. The van der Waals surface area contributed by atoms with Gasteiger partial charge in [-0.3, -0.25) is 10.3 Å². The molecule has 62 valence electrons. The van der Waals surface area contributed by atoms with E-state index < -0.39 is 0 Å². The SMILES string of the molecule is CONc1cc(C)ccc1C.[HH]. The molecular formula is C9H15NO. The molecule has 0 aliphatic rings. The first-order chi connectivity index (χ1) is 5.24.